The third-order valence-corrected chi connectivity index (χ3v) is 10.5. The number of fused-ring (bicyclic) bond motifs is 2. The lowest BCUT2D eigenvalue weighted by molar-refractivity contribution is -0.192. The van der Waals surface area contributed by atoms with E-state index in [0.717, 1.165) is 58.3 Å². The van der Waals surface area contributed by atoms with Crippen LogP contribution in [0.1, 0.15) is 80.1 Å². The van der Waals surface area contributed by atoms with Gasteiger partial charge in [0, 0.05) is 39.1 Å². The minimum absolute atomic E-state index is 0.212. The Morgan fingerprint density at radius 2 is 1.78 bits per heavy atom. The van der Waals surface area contributed by atoms with E-state index in [4.69, 9.17) is 19.9 Å². The summed E-state index contributed by atoms with van der Waals surface area (Å²) in [6.45, 7) is 12.9. The van der Waals surface area contributed by atoms with E-state index in [1.165, 1.54) is 31.0 Å². The van der Waals surface area contributed by atoms with E-state index in [0.29, 0.717) is 23.3 Å². The van der Waals surface area contributed by atoms with E-state index in [1.807, 2.05) is 0 Å². The van der Waals surface area contributed by atoms with Gasteiger partial charge < -0.3 is 15.3 Å². The molecule has 1 aliphatic rings. The highest BCUT2D eigenvalue weighted by molar-refractivity contribution is 7.90. The molecule has 0 fully saturated rings. The fraction of sp³-hybridized carbons (Fsp3) is 0.594. The number of halogens is 3. The quantitative estimate of drug-likeness (QED) is 0.231. The van der Waals surface area contributed by atoms with Gasteiger partial charge in [0.15, 0.2) is 5.01 Å². The van der Waals surface area contributed by atoms with Crippen LogP contribution in [0, 0.1) is 17.3 Å². The maximum absolute atomic E-state index is 13.5. The zero-order valence-electron chi connectivity index (χ0n) is 29.1. The monoisotopic (exact) mass is 729 g/mol. The molecule has 0 aliphatic heterocycles. The smallest absolute Gasteiger partial charge is 0.475 e. The first-order valence-electron chi connectivity index (χ1n) is 15.8. The van der Waals surface area contributed by atoms with Crippen LogP contribution in [-0.2, 0) is 27.8 Å². The van der Waals surface area contributed by atoms with Crippen molar-refractivity contribution < 1.29 is 36.3 Å². The van der Waals surface area contributed by atoms with Crippen molar-refractivity contribution in [3.8, 4) is 0 Å². The molecule has 1 aliphatic carbocycles. The number of carboxylic acid groups (broad SMARTS) is 1. The normalized spacial score (nSPS) is 15.9. The molecule has 3 aromatic rings. The maximum Gasteiger partial charge on any atom is 0.490 e. The Bertz CT molecular complexity index is 1710. The van der Waals surface area contributed by atoms with Crippen LogP contribution in [0.4, 0.5) is 19.0 Å². The Morgan fingerprint density at radius 1 is 1.12 bits per heavy atom. The van der Waals surface area contributed by atoms with Gasteiger partial charge in [-0.2, -0.15) is 25.9 Å². The molecule has 272 valence electrons. The van der Waals surface area contributed by atoms with Crippen molar-refractivity contribution in [3.63, 3.8) is 0 Å². The van der Waals surface area contributed by atoms with Crippen molar-refractivity contribution in [3.05, 3.63) is 46.2 Å². The van der Waals surface area contributed by atoms with Crippen molar-refractivity contribution in [1.29, 1.82) is 0 Å². The topological polar surface area (TPSA) is 158 Å². The molecule has 0 bridgehead atoms. The van der Waals surface area contributed by atoms with E-state index >= 15 is 0 Å². The van der Waals surface area contributed by atoms with Crippen LogP contribution in [-0.4, -0.2) is 90.0 Å². The van der Waals surface area contributed by atoms with Crippen LogP contribution in [0.25, 0.3) is 10.3 Å². The first-order valence-corrected chi connectivity index (χ1v) is 18.1. The van der Waals surface area contributed by atoms with Crippen molar-refractivity contribution in [2.45, 2.75) is 72.5 Å². The van der Waals surface area contributed by atoms with Gasteiger partial charge >= 0.3 is 22.4 Å². The Balaban J connectivity index is 0.000000838. The van der Waals surface area contributed by atoms with Crippen molar-refractivity contribution in [2.24, 2.45) is 17.3 Å². The number of carbonyl (C=O) groups excluding carboxylic acids is 1. The predicted molar refractivity (Wildman–Crippen MR) is 184 cm³/mol. The number of aryl methyl sites for hydroxylation is 1. The lowest BCUT2D eigenvalue weighted by Gasteiger charge is -2.34. The van der Waals surface area contributed by atoms with Crippen molar-refractivity contribution >= 4 is 49.6 Å². The van der Waals surface area contributed by atoms with Crippen LogP contribution in [0.3, 0.4) is 0 Å². The van der Waals surface area contributed by atoms with Crippen LogP contribution >= 0.6 is 11.3 Å². The molecular formula is C32H46F3N7O5S2. The Morgan fingerprint density at radius 3 is 2.31 bits per heavy atom. The first-order chi connectivity index (χ1) is 22.6. The van der Waals surface area contributed by atoms with Crippen LogP contribution in [0.2, 0.25) is 0 Å². The Hall–Kier alpha value is -3.41. The molecule has 0 saturated heterocycles. The average Bonchev–Trinajstić information content (AvgIpc) is 3.40. The number of hydrogen-bond donors (Lipinski definition) is 3. The van der Waals surface area contributed by atoms with Gasteiger partial charge in [0.2, 0.25) is 0 Å². The summed E-state index contributed by atoms with van der Waals surface area (Å²) in [4.78, 5) is 39.4. The molecule has 12 nitrogen and oxygen atoms in total. The number of amides is 1. The highest BCUT2D eigenvalue weighted by Gasteiger charge is 2.38. The number of pyridine rings is 2. The van der Waals surface area contributed by atoms with Gasteiger partial charge in [0.05, 0.1) is 6.04 Å². The third-order valence-electron chi connectivity index (χ3n) is 8.09. The van der Waals surface area contributed by atoms with Crippen molar-refractivity contribution in [2.75, 3.05) is 39.0 Å². The molecule has 3 aromatic heterocycles. The SMILES string of the molecule is CC(C)CN(C)CC[C@@H](NC(=O)c1nc2cc3c(nc2s1)CC[C@H](C(C)(C)C)C3)c1ccc(NS(=O)(=O)N(C)C)nc1.O=C(O)C(F)(F)F. The number of thiazole rings is 1. The zero-order chi connectivity index (χ0) is 36.9. The number of aromatic nitrogens is 3. The fourth-order valence-electron chi connectivity index (χ4n) is 5.35. The zero-order valence-corrected chi connectivity index (χ0v) is 30.7. The molecule has 0 spiro atoms. The van der Waals surface area contributed by atoms with Crippen LogP contribution in [0.5, 0.6) is 0 Å². The average molecular weight is 730 g/mol. The summed E-state index contributed by atoms with van der Waals surface area (Å²) in [6, 6.07) is 5.20. The van der Waals surface area contributed by atoms with E-state index in [-0.39, 0.29) is 23.2 Å². The number of carboxylic acids is 1. The second-order valence-corrected chi connectivity index (χ2v) is 16.7. The lowest BCUT2D eigenvalue weighted by atomic mass is 9.71. The molecule has 1 amide bonds. The van der Waals surface area contributed by atoms with E-state index < -0.39 is 22.4 Å². The molecule has 0 radical (unpaired) electrons. The number of aliphatic carboxylic acids is 1. The summed E-state index contributed by atoms with van der Waals surface area (Å²) in [6.07, 6.45) is 0.246. The largest absolute Gasteiger partial charge is 0.490 e. The van der Waals surface area contributed by atoms with E-state index in [1.54, 1.807) is 18.3 Å². The Labute approximate surface area is 289 Å². The number of alkyl halides is 3. The van der Waals surface area contributed by atoms with Gasteiger partial charge in [-0.1, -0.05) is 52.0 Å². The molecule has 3 N–H and O–H groups in total. The highest BCUT2D eigenvalue weighted by Crippen LogP contribution is 2.38. The van der Waals surface area contributed by atoms with Gasteiger partial charge in [-0.3, -0.25) is 9.52 Å². The Kier molecular flexibility index (Phi) is 13.1. The number of carbonyl (C=O) groups is 2. The predicted octanol–water partition coefficient (Wildman–Crippen LogP) is 5.54. The number of hydrogen-bond acceptors (Lipinski definition) is 9. The van der Waals surface area contributed by atoms with Gasteiger partial charge in [0.1, 0.15) is 16.2 Å². The molecule has 2 atom stereocenters. The summed E-state index contributed by atoms with van der Waals surface area (Å²) in [7, 11) is 1.30. The molecule has 0 saturated carbocycles. The summed E-state index contributed by atoms with van der Waals surface area (Å²) in [5.41, 5.74) is 4.17. The van der Waals surface area contributed by atoms with Crippen molar-refractivity contribution in [1.82, 2.24) is 29.5 Å². The minimum Gasteiger partial charge on any atom is -0.475 e. The fourth-order valence-corrected chi connectivity index (χ4v) is 6.76. The molecule has 3 heterocycles. The number of nitrogens with zero attached hydrogens (tertiary/aromatic N) is 5. The first kappa shape index (κ1) is 40.0. The summed E-state index contributed by atoms with van der Waals surface area (Å²) < 4.78 is 59.7. The molecule has 0 unspecified atom stereocenters. The van der Waals surface area contributed by atoms with Gasteiger partial charge in [0.25, 0.3) is 5.91 Å². The molecule has 0 aromatic carbocycles. The second kappa shape index (κ2) is 16.1. The molecule has 49 heavy (non-hydrogen) atoms. The van der Waals surface area contributed by atoms with Crippen LogP contribution in [0.15, 0.2) is 24.4 Å². The molecule has 4 rings (SSSR count). The maximum atomic E-state index is 13.5. The number of nitrogens with one attached hydrogen (secondary N) is 2. The minimum atomic E-state index is -5.08. The van der Waals surface area contributed by atoms with Gasteiger partial charge in [-0.05, 0) is 73.2 Å². The highest BCUT2D eigenvalue weighted by atomic mass is 32.2. The summed E-state index contributed by atoms with van der Waals surface area (Å²) in [5, 5.41) is 10.7. The van der Waals surface area contributed by atoms with Gasteiger partial charge in [-0.15, -0.1) is 0 Å². The summed E-state index contributed by atoms with van der Waals surface area (Å²) in [5.74, 6) is -1.68. The van der Waals surface area contributed by atoms with Gasteiger partial charge in [-0.25, -0.2) is 19.7 Å². The third kappa shape index (κ3) is 11.6. The number of rotatable bonds is 11. The molecular weight excluding hydrogens is 684 g/mol. The summed E-state index contributed by atoms with van der Waals surface area (Å²) >= 11 is 1.32. The van der Waals surface area contributed by atoms with Crippen LogP contribution < -0.4 is 10.0 Å². The lowest BCUT2D eigenvalue weighted by Crippen LogP contribution is -2.33. The van der Waals surface area contributed by atoms with E-state index in [2.05, 4.69) is 67.7 Å². The molecule has 17 heteroatoms. The van der Waals surface area contributed by atoms with E-state index in [9.17, 15) is 26.4 Å². The number of anilines is 1. The standard InChI is InChI=1S/C30H45N7O3S2.C2HF3O2/c1-19(2)18-37(8)14-13-24(20-9-12-26(31-17-20)35-42(39,40)36(6)7)32-27(38)29-34-25-16-21-15-22(30(3,4)5)10-11-23(21)33-28(25)41-29;3-2(4,5)1(6)7/h9,12,16-17,19,22,24H,10-11,13-15,18H2,1-8H3,(H,31,35)(H,32,38);(H,6,7)/t22-,24+;/m0./s1. The second-order valence-electron chi connectivity index (χ2n) is 13.9.